The lowest BCUT2D eigenvalue weighted by Crippen LogP contribution is -2.02. The third kappa shape index (κ3) is 3.33. The third-order valence-corrected chi connectivity index (χ3v) is 3.40. The van der Waals surface area contributed by atoms with Crippen LogP contribution in [0.15, 0.2) is 39.4 Å². The van der Waals surface area contributed by atoms with Gasteiger partial charge >= 0.3 is 5.97 Å². The van der Waals surface area contributed by atoms with Crippen LogP contribution in [-0.4, -0.2) is 16.1 Å². The Hall–Kier alpha value is -1.40. The number of nitrogens with zero attached hydrogens (tertiary/aromatic N) is 1. The maximum atomic E-state index is 11.2. The Morgan fingerprint density at radius 1 is 1.32 bits per heavy atom. The Bertz CT molecular complexity index is 644. The lowest BCUT2D eigenvalue weighted by Gasteiger charge is -2.09. The Morgan fingerprint density at radius 2 is 2.05 bits per heavy atom. The number of ether oxygens (including phenoxy) is 1. The number of aromatic carboxylic acids is 1. The number of hydrogen-bond acceptors (Lipinski definition) is 3. The van der Waals surface area contributed by atoms with E-state index in [2.05, 4.69) is 36.8 Å². The molecule has 0 saturated carbocycles. The van der Waals surface area contributed by atoms with E-state index in [-0.39, 0.29) is 11.4 Å². The number of halogens is 2. The number of carbonyl (C=O) groups is 1. The first-order valence-corrected chi connectivity index (χ1v) is 6.89. The molecule has 0 amide bonds. The molecule has 0 aliphatic heterocycles. The molecule has 4 nitrogen and oxygen atoms in total. The number of pyridine rings is 1. The maximum absolute atomic E-state index is 11.2. The fourth-order valence-electron chi connectivity index (χ4n) is 1.45. The van der Waals surface area contributed by atoms with Crippen molar-refractivity contribution in [3.63, 3.8) is 0 Å². The average Bonchev–Trinajstić information content (AvgIpc) is 2.34. The summed E-state index contributed by atoms with van der Waals surface area (Å²) in [6, 6.07) is 6.97. The molecule has 1 aromatic heterocycles. The van der Waals surface area contributed by atoms with E-state index in [1.807, 2.05) is 19.1 Å². The van der Waals surface area contributed by atoms with Crippen molar-refractivity contribution in [2.75, 3.05) is 0 Å². The first-order chi connectivity index (χ1) is 8.97. The van der Waals surface area contributed by atoms with Gasteiger partial charge in [-0.3, -0.25) is 0 Å². The topological polar surface area (TPSA) is 59.4 Å². The minimum atomic E-state index is -1.09. The minimum absolute atomic E-state index is 0.00171. The number of carboxylic acids is 1. The second-order valence-corrected chi connectivity index (χ2v) is 5.62. The summed E-state index contributed by atoms with van der Waals surface area (Å²) in [6.07, 6.45) is 1.49. The molecule has 0 radical (unpaired) electrons. The molecule has 0 saturated heterocycles. The Morgan fingerprint density at radius 3 is 2.68 bits per heavy atom. The molecule has 1 heterocycles. The fraction of sp³-hybridized carbons (Fsp3) is 0.0769. The molecule has 19 heavy (non-hydrogen) atoms. The molecule has 2 rings (SSSR count). The SMILES string of the molecule is Cc1ccc(Oc2ncc(Br)cc2C(=O)O)c(Br)c1. The quantitative estimate of drug-likeness (QED) is 0.848. The van der Waals surface area contributed by atoms with Crippen LogP contribution in [0, 0.1) is 6.92 Å². The molecule has 0 spiro atoms. The summed E-state index contributed by atoms with van der Waals surface area (Å²) in [4.78, 5) is 15.1. The maximum Gasteiger partial charge on any atom is 0.341 e. The summed E-state index contributed by atoms with van der Waals surface area (Å²) in [5, 5.41) is 9.13. The van der Waals surface area contributed by atoms with Crippen LogP contribution in [0.2, 0.25) is 0 Å². The lowest BCUT2D eigenvalue weighted by atomic mass is 10.2. The van der Waals surface area contributed by atoms with Crippen LogP contribution in [0.25, 0.3) is 0 Å². The highest BCUT2D eigenvalue weighted by Crippen LogP contribution is 2.31. The molecular weight excluding hydrogens is 378 g/mol. The normalized spacial score (nSPS) is 10.3. The zero-order valence-corrected chi connectivity index (χ0v) is 13.0. The second kappa shape index (κ2) is 5.71. The van der Waals surface area contributed by atoms with Crippen LogP contribution in [0.3, 0.4) is 0 Å². The summed E-state index contributed by atoms with van der Waals surface area (Å²) in [5.41, 5.74) is 1.07. The van der Waals surface area contributed by atoms with E-state index in [0.717, 1.165) is 10.0 Å². The van der Waals surface area contributed by atoms with Crippen molar-refractivity contribution < 1.29 is 14.6 Å². The predicted molar refractivity (Wildman–Crippen MR) is 77.8 cm³/mol. The molecule has 0 aliphatic rings. The van der Waals surface area contributed by atoms with Crippen molar-refractivity contribution >= 4 is 37.8 Å². The van der Waals surface area contributed by atoms with Crippen molar-refractivity contribution in [1.82, 2.24) is 4.98 Å². The van der Waals surface area contributed by atoms with Crippen LogP contribution in [0.5, 0.6) is 11.6 Å². The second-order valence-electron chi connectivity index (χ2n) is 3.85. The van der Waals surface area contributed by atoms with Gasteiger partial charge in [-0.15, -0.1) is 0 Å². The lowest BCUT2D eigenvalue weighted by molar-refractivity contribution is 0.0693. The van der Waals surface area contributed by atoms with Gasteiger partial charge in [0.15, 0.2) is 0 Å². The Balaban J connectivity index is 2.40. The highest BCUT2D eigenvalue weighted by Gasteiger charge is 2.15. The first kappa shape index (κ1) is 14.0. The molecular formula is C13H9Br2NO3. The fourth-order valence-corrected chi connectivity index (χ4v) is 2.36. The van der Waals surface area contributed by atoms with E-state index < -0.39 is 5.97 Å². The number of rotatable bonds is 3. The van der Waals surface area contributed by atoms with Crippen molar-refractivity contribution in [3.05, 3.63) is 50.5 Å². The summed E-state index contributed by atoms with van der Waals surface area (Å²) in [5.74, 6) is -0.518. The van der Waals surface area contributed by atoms with Gasteiger partial charge < -0.3 is 9.84 Å². The Kier molecular flexibility index (Phi) is 4.21. The molecule has 1 aromatic carbocycles. The van der Waals surface area contributed by atoms with Gasteiger partial charge in [0.2, 0.25) is 5.88 Å². The van der Waals surface area contributed by atoms with Gasteiger partial charge in [-0.05, 0) is 62.5 Å². The highest BCUT2D eigenvalue weighted by atomic mass is 79.9. The molecule has 1 N–H and O–H groups in total. The van der Waals surface area contributed by atoms with Crippen LogP contribution < -0.4 is 4.74 Å². The summed E-state index contributed by atoms with van der Waals surface area (Å²) in [6.45, 7) is 1.95. The van der Waals surface area contributed by atoms with Gasteiger partial charge in [-0.2, -0.15) is 0 Å². The van der Waals surface area contributed by atoms with E-state index in [4.69, 9.17) is 9.84 Å². The predicted octanol–water partition coefficient (Wildman–Crippen LogP) is 4.41. The summed E-state index contributed by atoms with van der Waals surface area (Å²) in [7, 11) is 0. The van der Waals surface area contributed by atoms with E-state index >= 15 is 0 Å². The van der Waals surface area contributed by atoms with Crippen molar-refractivity contribution in [3.8, 4) is 11.6 Å². The van der Waals surface area contributed by atoms with Gasteiger partial charge in [-0.25, -0.2) is 9.78 Å². The molecule has 0 bridgehead atoms. The van der Waals surface area contributed by atoms with Gasteiger partial charge in [-0.1, -0.05) is 6.07 Å². The summed E-state index contributed by atoms with van der Waals surface area (Å²) < 4.78 is 6.88. The number of hydrogen-bond donors (Lipinski definition) is 1. The van der Waals surface area contributed by atoms with E-state index in [1.165, 1.54) is 12.3 Å². The van der Waals surface area contributed by atoms with Gasteiger partial charge in [0.05, 0.1) is 4.47 Å². The Labute approximate surface area is 126 Å². The number of carboxylic acid groups (broad SMARTS) is 1. The van der Waals surface area contributed by atoms with Crippen LogP contribution in [0.1, 0.15) is 15.9 Å². The van der Waals surface area contributed by atoms with Gasteiger partial charge in [0.25, 0.3) is 0 Å². The average molecular weight is 387 g/mol. The molecule has 2 aromatic rings. The zero-order valence-electron chi connectivity index (χ0n) is 9.85. The van der Waals surface area contributed by atoms with E-state index in [1.54, 1.807) is 6.07 Å². The van der Waals surface area contributed by atoms with Crippen molar-refractivity contribution in [2.45, 2.75) is 6.92 Å². The molecule has 0 aliphatic carbocycles. The smallest absolute Gasteiger partial charge is 0.341 e. The molecule has 0 unspecified atom stereocenters. The monoisotopic (exact) mass is 385 g/mol. The largest absolute Gasteiger partial charge is 0.477 e. The molecule has 6 heteroatoms. The minimum Gasteiger partial charge on any atom is -0.477 e. The van der Waals surface area contributed by atoms with Crippen LogP contribution in [-0.2, 0) is 0 Å². The van der Waals surface area contributed by atoms with Crippen molar-refractivity contribution in [1.29, 1.82) is 0 Å². The number of benzene rings is 1. The molecule has 0 fully saturated rings. The van der Waals surface area contributed by atoms with E-state index in [0.29, 0.717) is 10.2 Å². The van der Waals surface area contributed by atoms with Crippen LogP contribution >= 0.6 is 31.9 Å². The zero-order chi connectivity index (χ0) is 14.0. The standard InChI is InChI=1S/C13H9Br2NO3/c1-7-2-3-11(10(15)4-7)19-12-9(13(17)18)5-8(14)6-16-12/h2-6H,1H3,(H,17,18). The first-order valence-electron chi connectivity index (χ1n) is 5.30. The van der Waals surface area contributed by atoms with Crippen LogP contribution in [0.4, 0.5) is 0 Å². The van der Waals surface area contributed by atoms with Gasteiger partial charge in [0, 0.05) is 10.7 Å². The van der Waals surface area contributed by atoms with Crippen molar-refractivity contribution in [2.24, 2.45) is 0 Å². The number of aryl methyl sites for hydroxylation is 1. The van der Waals surface area contributed by atoms with E-state index in [9.17, 15) is 4.79 Å². The highest BCUT2D eigenvalue weighted by molar-refractivity contribution is 9.10. The number of aromatic nitrogens is 1. The van der Waals surface area contributed by atoms with Gasteiger partial charge in [0.1, 0.15) is 11.3 Å². The molecule has 98 valence electrons. The molecule has 0 atom stereocenters. The summed E-state index contributed by atoms with van der Waals surface area (Å²) >= 11 is 6.55. The third-order valence-electron chi connectivity index (χ3n) is 2.34.